The van der Waals surface area contributed by atoms with Crippen molar-refractivity contribution in [1.29, 1.82) is 0 Å². The summed E-state index contributed by atoms with van der Waals surface area (Å²) in [5.74, 6) is 0.301. The maximum absolute atomic E-state index is 11.0. The van der Waals surface area contributed by atoms with Crippen LogP contribution in [0.2, 0.25) is 0 Å². The van der Waals surface area contributed by atoms with E-state index in [1.165, 1.54) is 17.2 Å². The van der Waals surface area contributed by atoms with Crippen LogP contribution in [0.4, 0.5) is 5.69 Å². The van der Waals surface area contributed by atoms with Crippen molar-refractivity contribution in [3.8, 4) is 5.75 Å². The Bertz CT molecular complexity index is 671. The van der Waals surface area contributed by atoms with Crippen LogP contribution >= 0.6 is 15.9 Å². The number of hydrogen-bond donors (Lipinski definition) is 0. The van der Waals surface area contributed by atoms with E-state index in [9.17, 15) is 10.1 Å². The van der Waals surface area contributed by atoms with Crippen molar-refractivity contribution in [3.63, 3.8) is 0 Å². The van der Waals surface area contributed by atoms with Crippen LogP contribution < -0.4 is 4.74 Å². The van der Waals surface area contributed by atoms with Crippen molar-refractivity contribution in [2.75, 3.05) is 0 Å². The van der Waals surface area contributed by atoms with Crippen molar-refractivity contribution >= 4 is 21.6 Å². The summed E-state index contributed by atoms with van der Waals surface area (Å²) >= 11 is 3.34. The van der Waals surface area contributed by atoms with Gasteiger partial charge in [0.1, 0.15) is 6.61 Å². The molecule has 2 aromatic rings. The fourth-order valence-electron chi connectivity index (χ4n) is 1.96. The first-order valence-electron chi connectivity index (χ1n) is 6.53. The van der Waals surface area contributed by atoms with E-state index in [2.05, 4.69) is 15.9 Å². The van der Waals surface area contributed by atoms with Crippen molar-refractivity contribution in [2.45, 2.75) is 25.8 Å². The topological polar surface area (TPSA) is 52.4 Å². The predicted octanol–water partition coefficient (Wildman–Crippen LogP) is 4.69. The first-order valence-corrected chi connectivity index (χ1v) is 7.65. The molecule has 0 aromatic heterocycles. The van der Waals surface area contributed by atoms with Crippen LogP contribution in [0.25, 0.3) is 0 Å². The van der Waals surface area contributed by atoms with Crippen LogP contribution in [0.5, 0.6) is 5.75 Å². The quantitative estimate of drug-likeness (QED) is 0.447. The van der Waals surface area contributed by atoms with Crippen LogP contribution in [0.1, 0.15) is 22.3 Å². The van der Waals surface area contributed by atoms with Crippen molar-refractivity contribution in [1.82, 2.24) is 0 Å². The van der Waals surface area contributed by atoms with Gasteiger partial charge in [0.25, 0.3) is 0 Å². The molecule has 4 nitrogen and oxygen atoms in total. The van der Waals surface area contributed by atoms with E-state index in [4.69, 9.17) is 4.74 Å². The lowest BCUT2D eigenvalue weighted by atomic mass is 10.1. The Morgan fingerprint density at radius 2 is 1.81 bits per heavy atom. The Hall–Kier alpha value is -1.88. The van der Waals surface area contributed by atoms with Crippen LogP contribution in [-0.4, -0.2) is 4.92 Å². The smallest absolute Gasteiger partial charge is 0.310 e. The SMILES string of the molecule is Cc1ccc(COc2cc(CBr)ccc2[N+](=O)[O-])cc1C. The number of aryl methyl sites for hydroxylation is 2. The molecule has 21 heavy (non-hydrogen) atoms. The summed E-state index contributed by atoms with van der Waals surface area (Å²) < 4.78 is 5.66. The molecule has 2 rings (SSSR count). The molecular formula is C16H16BrNO3. The summed E-state index contributed by atoms with van der Waals surface area (Å²) in [6, 6.07) is 10.9. The molecule has 0 unspecified atom stereocenters. The van der Waals surface area contributed by atoms with Crippen LogP contribution in [0.15, 0.2) is 36.4 Å². The molecule has 0 amide bonds. The summed E-state index contributed by atoms with van der Waals surface area (Å²) in [5, 5.41) is 11.7. The molecule has 0 N–H and O–H groups in total. The zero-order valence-corrected chi connectivity index (χ0v) is 13.5. The normalized spacial score (nSPS) is 10.4. The Balaban J connectivity index is 2.21. The van der Waals surface area contributed by atoms with Gasteiger partial charge in [-0.2, -0.15) is 0 Å². The van der Waals surface area contributed by atoms with Gasteiger partial charge >= 0.3 is 5.69 Å². The largest absolute Gasteiger partial charge is 0.482 e. The lowest BCUT2D eigenvalue weighted by Crippen LogP contribution is -2.00. The molecule has 5 heteroatoms. The molecule has 2 aromatic carbocycles. The number of hydrogen-bond acceptors (Lipinski definition) is 3. The molecule has 0 heterocycles. The van der Waals surface area contributed by atoms with Gasteiger partial charge in [0.15, 0.2) is 5.75 Å². The molecular weight excluding hydrogens is 334 g/mol. The van der Waals surface area contributed by atoms with E-state index in [-0.39, 0.29) is 5.69 Å². The van der Waals surface area contributed by atoms with Gasteiger partial charge in [-0.25, -0.2) is 0 Å². The lowest BCUT2D eigenvalue weighted by Gasteiger charge is -2.09. The molecule has 110 valence electrons. The minimum Gasteiger partial charge on any atom is -0.482 e. The van der Waals surface area contributed by atoms with E-state index >= 15 is 0 Å². The first-order chi connectivity index (χ1) is 10.0. The number of nitro groups is 1. The fourth-order valence-corrected chi connectivity index (χ4v) is 2.31. The zero-order valence-electron chi connectivity index (χ0n) is 11.9. The van der Waals surface area contributed by atoms with Gasteiger partial charge in [-0.1, -0.05) is 40.2 Å². The highest BCUT2D eigenvalue weighted by molar-refractivity contribution is 9.08. The third kappa shape index (κ3) is 3.82. The molecule has 0 bridgehead atoms. The van der Waals surface area contributed by atoms with Gasteiger partial charge in [-0.05, 0) is 42.2 Å². The van der Waals surface area contributed by atoms with Gasteiger partial charge in [0.2, 0.25) is 0 Å². The number of alkyl halides is 1. The summed E-state index contributed by atoms with van der Waals surface area (Å²) in [6.07, 6.45) is 0. The van der Waals surface area contributed by atoms with Gasteiger partial charge < -0.3 is 4.74 Å². The Kier molecular flexibility index (Phi) is 4.96. The second-order valence-corrected chi connectivity index (χ2v) is 5.46. The van der Waals surface area contributed by atoms with Gasteiger partial charge in [-0.3, -0.25) is 10.1 Å². The maximum atomic E-state index is 11.0. The number of rotatable bonds is 5. The average Bonchev–Trinajstić information content (AvgIpc) is 2.48. The molecule has 0 aliphatic heterocycles. The number of nitrogens with zero attached hydrogens (tertiary/aromatic N) is 1. The average molecular weight is 350 g/mol. The number of halogens is 1. The van der Waals surface area contributed by atoms with E-state index in [1.807, 2.05) is 32.0 Å². The number of benzene rings is 2. The van der Waals surface area contributed by atoms with Crippen molar-refractivity contribution in [3.05, 3.63) is 68.8 Å². The fraction of sp³-hybridized carbons (Fsp3) is 0.250. The third-order valence-corrected chi connectivity index (χ3v) is 3.99. The van der Waals surface area contributed by atoms with Crippen molar-refractivity contribution in [2.24, 2.45) is 0 Å². The zero-order chi connectivity index (χ0) is 15.4. The molecule has 0 saturated carbocycles. The molecule has 0 aliphatic rings. The van der Waals surface area contributed by atoms with Gasteiger partial charge in [0, 0.05) is 11.4 Å². The van der Waals surface area contributed by atoms with Gasteiger partial charge in [0.05, 0.1) is 4.92 Å². The van der Waals surface area contributed by atoms with Crippen molar-refractivity contribution < 1.29 is 9.66 Å². The van der Waals surface area contributed by atoms with E-state index < -0.39 is 4.92 Å². The summed E-state index contributed by atoms with van der Waals surface area (Å²) in [5.41, 5.74) is 4.32. The van der Waals surface area contributed by atoms with E-state index in [0.717, 1.165) is 11.1 Å². The highest BCUT2D eigenvalue weighted by Crippen LogP contribution is 2.29. The minimum atomic E-state index is -0.423. The van der Waals surface area contributed by atoms with E-state index in [0.29, 0.717) is 17.7 Å². The number of nitro benzene ring substituents is 1. The first kappa shape index (κ1) is 15.5. The molecule has 0 radical (unpaired) electrons. The Morgan fingerprint density at radius 1 is 1.10 bits per heavy atom. The van der Waals surface area contributed by atoms with E-state index in [1.54, 1.807) is 12.1 Å². The Morgan fingerprint density at radius 3 is 2.43 bits per heavy atom. The van der Waals surface area contributed by atoms with Gasteiger partial charge in [-0.15, -0.1) is 0 Å². The summed E-state index contributed by atoms with van der Waals surface area (Å²) in [6.45, 7) is 4.39. The highest BCUT2D eigenvalue weighted by atomic mass is 79.9. The number of ether oxygens (including phenoxy) is 1. The van der Waals surface area contributed by atoms with Crippen LogP contribution in [0.3, 0.4) is 0 Å². The monoisotopic (exact) mass is 349 g/mol. The second kappa shape index (κ2) is 6.72. The lowest BCUT2D eigenvalue weighted by molar-refractivity contribution is -0.386. The predicted molar refractivity (Wildman–Crippen MR) is 86.0 cm³/mol. The Labute approximate surface area is 132 Å². The molecule has 0 aliphatic carbocycles. The molecule has 0 spiro atoms. The molecule has 0 saturated heterocycles. The standard InChI is InChI=1S/C16H16BrNO3/c1-11-3-4-14(7-12(11)2)10-21-16-8-13(9-17)5-6-15(16)18(19)20/h3-8H,9-10H2,1-2H3. The summed E-state index contributed by atoms with van der Waals surface area (Å²) in [7, 11) is 0. The molecule has 0 atom stereocenters. The maximum Gasteiger partial charge on any atom is 0.310 e. The van der Waals surface area contributed by atoms with Crippen LogP contribution in [-0.2, 0) is 11.9 Å². The summed E-state index contributed by atoms with van der Waals surface area (Å²) in [4.78, 5) is 10.6. The van der Waals surface area contributed by atoms with Crippen LogP contribution in [0, 0.1) is 24.0 Å². The second-order valence-electron chi connectivity index (χ2n) is 4.90. The minimum absolute atomic E-state index is 0.0106. The highest BCUT2D eigenvalue weighted by Gasteiger charge is 2.15. The molecule has 0 fully saturated rings. The third-order valence-electron chi connectivity index (χ3n) is 3.34.